The third kappa shape index (κ3) is 3.52. The van der Waals surface area contributed by atoms with Gasteiger partial charge < -0.3 is 9.47 Å². The number of ether oxygens (including phenoxy) is 2. The van der Waals surface area contributed by atoms with Crippen LogP contribution >= 0.6 is 0 Å². The topological polar surface area (TPSA) is 78.6 Å². The van der Waals surface area contributed by atoms with Gasteiger partial charge in [-0.3, -0.25) is 0 Å². The molecule has 0 radical (unpaired) electrons. The number of nitrogens with zero attached hydrogens (tertiary/aromatic N) is 4. The first-order valence-corrected chi connectivity index (χ1v) is 7.13. The van der Waals surface area contributed by atoms with Gasteiger partial charge in [-0.2, -0.15) is 17.7 Å². The van der Waals surface area contributed by atoms with Crippen LogP contribution in [-0.2, 0) is 10.9 Å². The fourth-order valence-electron chi connectivity index (χ4n) is 2.00. The number of carbonyl (C=O) groups is 1. The molecule has 0 aliphatic rings. The van der Waals surface area contributed by atoms with Crippen LogP contribution in [0, 0.1) is 0 Å². The molecule has 0 aliphatic carbocycles. The van der Waals surface area contributed by atoms with Gasteiger partial charge >= 0.3 is 12.1 Å². The molecule has 25 heavy (non-hydrogen) atoms. The number of fused-ring (bicyclic) bond motifs is 1. The van der Waals surface area contributed by atoms with E-state index in [0.29, 0.717) is 15.8 Å². The van der Waals surface area contributed by atoms with Crippen LogP contribution in [0.25, 0.3) is 5.65 Å². The summed E-state index contributed by atoms with van der Waals surface area (Å²) in [5.74, 6) is -1.51. The monoisotopic (exact) mass is 352 g/mol. The molecule has 130 valence electrons. The quantitative estimate of drug-likeness (QED) is 0.672. The first kappa shape index (κ1) is 16.7. The molecule has 0 aliphatic heterocycles. The number of aromatic nitrogens is 4. The lowest BCUT2D eigenvalue weighted by molar-refractivity contribution is -0.146. The van der Waals surface area contributed by atoms with E-state index in [9.17, 15) is 18.0 Å². The SMILES string of the molecule is CCOC(=O)c1ccc(Oc2ccc3nnc(C(F)(F)F)n3n2)cc1. The highest BCUT2D eigenvalue weighted by Gasteiger charge is 2.37. The summed E-state index contributed by atoms with van der Waals surface area (Å²) in [7, 11) is 0. The Kier molecular flexibility index (Phi) is 4.26. The van der Waals surface area contributed by atoms with Crippen molar-refractivity contribution >= 4 is 11.6 Å². The van der Waals surface area contributed by atoms with Gasteiger partial charge in [0.05, 0.1) is 12.2 Å². The van der Waals surface area contributed by atoms with Gasteiger partial charge in [-0.1, -0.05) is 0 Å². The Balaban J connectivity index is 1.84. The average molecular weight is 352 g/mol. The van der Waals surface area contributed by atoms with E-state index in [2.05, 4.69) is 15.3 Å². The molecular formula is C15H11F3N4O3. The molecule has 0 N–H and O–H groups in total. The van der Waals surface area contributed by atoms with Crippen molar-refractivity contribution in [3.05, 3.63) is 47.8 Å². The second-order valence-corrected chi connectivity index (χ2v) is 4.81. The summed E-state index contributed by atoms with van der Waals surface area (Å²) < 4.78 is 49.4. The molecule has 3 aromatic rings. The van der Waals surface area contributed by atoms with Gasteiger partial charge in [0, 0.05) is 6.07 Å². The average Bonchev–Trinajstić information content (AvgIpc) is 2.99. The van der Waals surface area contributed by atoms with E-state index in [4.69, 9.17) is 9.47 Å². The van der Waals surface area contributed by atoms with Crippen molar-refractivity contribution in [3.63, 3.8) is 0 Å². The molecule has 2 heterocycles. The number of benzene rings is 1. The normalized spacial score (nSPS) is 11.5. The minimum Gasteiger partial charge on any atom is -0.462 e. The van der Waals surface area contributed by atoms with Gasteiger partial charge in [0.1, 0.15) is 5.75 Å². The second kappa shape index (κ2) is 6.38. The van der Waals surface area contributed by atoms with Gasteiger partial charge in [-0.25, -0.2) is 4.79 Å². The maximum atomic E-state index is 12.8. The van der Waals surface area contributed by atoms with Gasteiger partial charge in [0.2, 0.25) is 5.88 Å². The molecule has 0 atom stereocenters. The Labute approximate surface area is 139 Å². The molecule has 0 saturated carbocycles. The largest absolute Gasteiger partial charge is 0.462 e. The molecule has 0 unspecified atom stereocenters. The fraction of sp³-hybridized carbons (Fsp3) is 0.200. The number of hydrogen-bond donors (Lipinski definition) is 0. The highest BCUT2D eigenvalue weighted by molar-refractivity contribution is 5.89. The summed E-state index contributed by atoms with van der Waals surface area (Å²) in [5, 5.41) is 10.2. The summed E-state index contributed by atoms with van der Waals surface area (Å²) in [6.07, 6.45) is -4.69. The molecule has 0 amide bonds. The van der Waals surface area contributed by atoms with Crippen molar-refractivity contribution < 1.29 is 27.4 Å². The van der Waals surface area contributed by atoms with Crippen molar-refractivity contribution in [2.45, 2.75) is 13.1 Å². The molecular weight excluding hydrogens is 341 g/mol. The van der Waals surface area contributed by atoms with Gasteiger partial charge in [-0.15, -0.1) is 15.3 Å². The van der Waals surface area contributed by atoms with Crippen LogP contribution in [-0.4, -0.2) is 32.4 Å². The molecule has 1 aromatic carbocycles. The van der Waals surface area contributed by atoms with Crippen LogP contribution in [0.1, 0.15) is 23.1 Å². The maximum Gasteiger partial charge on any atom is 0.453 e. The van der Waals surface area contributed by atoms with E-state index in [0.717, 1.165) is 0 Å². The highest BCUT2D eigenvalue weighted by atomic mass is 19.4. The van der Waals surface area contributed by atoms with Crippen LogP contribution in [0.4, 0.5) is 13.2 Å². The zero-order valence-electron chi connectivity index (χ0n) is 12.8. The molecule has 0 spiro atoms. The van der Waals surface area contributed by atoms with Crippen LogP contribution in [0.3, 0.4) is 0 Å². The minimum absolute atomic E-state index is 0.0580. The summed E-state index contributed by atoms with van der Waals surface area (Å²) in [6.45, 7) is 1.94. The molecule has 0 saturated heterocycles. The highest BCUT2D eigenvalue weighted by Crippen LogP contribution is 2.28. The number of hydrogen-bond acceptors (Lipinski definition) is 6. The van der Waals surface area contributed by atoms with Gasteiger partial charge in [-0.05, 0) is 37.3 Å². The zero-order chi connectivity index (χ0) is 18.0. The summed E-state index contributed by atoms with van der Waals surface area (Å²) >= 11 is 0. The van der Waals surface area contributed by atoms with Crippen molar-refractivity contribution in [1.82, 2.24) is 19.8 Å². The molecule has 0 bridgehead atoms. The molecule has 10 heteroatoms. The first-order chi connectivity index (χ1) is 11.9. The van der Waals surface area contributed by atoms with Crippen LogP contribution in [0.2, 0.25) is 0 Å². The third-order valence-electron chi connectivity index (χ3n) is 3.08. The van der Waals surface area contributed by atoms with Crippen molar-refractivity contribution in [2.24, 2.45) is 0 Å². The first-order valence-electron chi connectivity index (χ1n) is 7.13. The summed E-state index contributed by atoms with van der Waals surface area (Å²) in [5.41, 5.74) is 0.271. The van der Waals surface area contributed by atoms with E-state index >= 15 is 0 Å². The van der Waals surface area contributed by atoms with E-state index in [1.165, 1.54) is 36.4 Å². The minimum atomic E-state index is -4.69. The molecule has 3 rings (SSSR count). The number of rotatable bonds is 4. The Morgan fingerprint density at radius 2 is 1.84 bits per heavy atom. The molecule has 7 nitrogen and oxygen atoms in total. The van der Waals surface area contributed by atoms with Gasteiger partial charge in [0.25, 0.3) is 5.82 Å². The lowest BCUT2D eigenvalue weighted by Gasteiger charge is -2.07. The van der Waals surface area contributed by atoms with Crippen LogP contribution < -0.4 is 4.74 Å². The van der Waals surface area contributed by atoms with Crippen molar-refractivity contribution in [2.75, 3.05) is 6.61 Å². The van der Waals surface area contributed by atoms with Crippen molar-refractivity contribution in [1.29, 1.82) is 0 Å². The lowest BCUT2D eigenvalue weighted by Crippen LogP contribution is -2.12. The predicted octanol–water partition coefficient (Wildman–Crippen LogP) is 3.11. The number of carbonyl (C=O) groups excluding carboxylic acids is 1. The fourth-order valence-corrected chi connectivity index (χ4v) is 2.00. The maximum absolute atomic E-state index is 12.8. The number of esters is 1. The summed E-state index contributed by atoms with van der Waals surface area (Å²) in [4.78, 5) is 11.6. The van der Waals surface area contributed by atoms with Gasteiger partial charge in [0.15, 0.2) is 5.65 Å². The standard InChI is InChI=1S/C15H11F3N4O3/c1-2-24-13(23)9-3-5-10(6-4-9)25-12-8-7-11-19-20-14(15(16,17)18)22(11)21-12/h3-8H,2H2,1H3. The Morgan fingerprint density at radius 1 is 1.12 bits per heavy atom. The van der Waals surface area contributed by atoms with E-state index in [-0.39, 0.29) is 18.1 Å². The van der Waals surface area contributed by atoms with Crippen LogP contribution in [0.15, 0.2) is 36.4 Å². The predicted molar refractivity (Wildman–Crippen MR) is 78.3 cm³/mol. The lowest BCUT2D eigenvalue weighted by atomic mass is 10.2. The van der Waals surface area contributed by atoms with E-state index < -0.39 is 18.0 Å². The Bertz CT molecular complexity index is 907. The number of halogens is 3. The summed E-state index contributed by atoms with van der Waals surface area (Å²) in [6, 6.07) is 8.59. The van der Waals surface area contributed by atoms with E-state index in [1.54, 1.807) is 6.92 Å². The third-order valence-corrected chi connectivity index (χ3v) is 3.08. The Morgan fingerprint density at radius 3 is 2.48 bits per heavy atom. The van der Waals surface area contributed by atoms with E-state index in [1.807, 2.05) is 0 Å². The second-order valence-electron chi connectivity index (χ2n) is 4.81. The smallest absolute Gasteiger partial charge is 0.453 e. The molecule has 2 aromatic heterocycles. The molecule has 0 fully saturated rings. The van der Waals surface area contributed by atoms with Crippen LogP contribution in [0.5, 0.6) is 11.6 Å². The van der Waals surface area contributed by atoms with Crippen molar-refractivity contribution in [3.8, 4) is 11.6 Å². The zero-order valence-corrected chi connectivity index (χ0v) is 12.8. The Hall–Kier alpha value is -3.17. The number of alkyl halides is 3.